The molecule has 1 aliphatic heterocycles. The molecule has 22 heavy (non-hydrogen) atoms. The third-order valence-corrected chi connectivity index (χ3v) is 6.12. The van der Waals surface area contributed by atoms with Gasteiger partial charge in [0.15, 0.2) is 15.8 Å². The van der Waals surface area contributed by atoms with E-state index in [9.17, 15) is 8.42 Å². The van der Waals surface area contributed by atoms with E-state index in [1.165, 1.54) is 0 Å². The molecule has 0 spiro atoms. The highest BCUT2D eigenvalue weighted by Crippen LogP contribution is 2.23. The number of aliphatic imine (C=N–C) groups is 1. The summed E-state index contributed by atoms with van der Waals surface area (Å²) in [7, 11) is -3.02. The van der Waals surface area contributed by atoms with Gasteiger partial charge in [-0.25, -0.2) is 8.42 Å². The summed E-state index contributed by atoms with van der Waals surface area (Å²) in [4.78, 5) is 6.63. The highest BCUT2D eigenvalue weighted by molar-refractivity contribution is 14.0. The van der Waals surface area contributed by atoms with Crippen molar-refractivity contribution in [3.05, 3.63) is 0 Å². The molecule has 0 radical (unpaired) electrons. The normalized spacial score (nSPS) is 20.4. The third kappa shape index (κ3) is 6.19. The van der Waals surface area contributed by atoms with Crippen molar-refractivity contribution in [3.63, 3.8) is 0 Å². The van der Waals surface area contributed by atoms with E-state index < -0.39 is 14.6 Å². The third-order valence-electron chi connectivity index (χ3n) is 3.59. The van der Waals surface area contributed by atoms with Crippen molar-refractivity contribution in [3.8, 4) is 0 Å². The SMILES string of the molecule is CCNC(=NCCCOCC)N1CCS(=O)(=O)C(C)(C)C1.I. The van der Waals surface area contributed by atoms with Gasteiger partial charge in [-0.3, -0.25) is 4.99 Å². The first-order chi connectivity index (χ1) is 9.84. The lowest BCUT2D eigenvalue weighted by atomic mass is 10.2. The van der Waals surface area contributed by atoms with Gasteiger partial charge in [0, 0.05) is 39.4 Å². The predicted octanol–water partition coefficient (Wildman–Crippen LogP) is 1.51. The van der Waals surface area contributed by atoms with Crippen LogP contribution in [0.5, 0.6) is 0 Å². The van der Waals surface area contributed by atoms with Crippen molar-refractivity contribution < 1.29 is 13.2 Å². The van der Waals surface area contributed by atoms with Crippen LogP contribution in [-0.2, 0) is 14.6 Å². The van der Waals surface area contributed by atoms with Crippen molar-refractivity contribution in [2.45, 2.75) is 38.9 Å². The van der Waals surface area contributed by atoms with Crippen LogP contribution < -0.4 is 5.32 Å². The van der Waals surface area contributed by atoms with E-state index in [0.717, 1.165) is 25.5 Å². The smallest absolute Gasteiger partial charge is 0.193 e. The van der Waals surface area contributed by atoms with Gasteiger partial charge in [0.05, 0.1) is 10.5 Å². The van der Waals surface area contributed by atoms with Crippen molar-refractivity contribution in [1.29, 1.82) is 0 Å². The maximum absolute atomic E-state index is 12.1. The molecule has 0 aromatic heterocycles. The fraction of sp³-hybridized carbons (Fsp3) is 0.929. The van der Waals surface area contributed by atoms with E-state index in [-0.39, 0.29) is 29.7 Å². The quantitative estimate of drug-likeness (QED) is 0.289. The first-order valence-electron chi connectivity index (χ1n) is 7.67. The minimum atomic E-state index is -3.02. The zero-order valence-corrected chi connectivity index (χ0v) is 17.2. The van der Waals surface area contributed by atoms with Gasteiger partial charge in [-0.1, -0.05) is 0 Å². The summed E-state index contributed by atoms with van der Waals surface area (Å²) in [6, 6.07) is 0. The van der Waals surface area contributed by atoms with Gasteiger partial charge in [0.1, 0.15) is 0 Å². The molecule has 1 fully saturated rings. The number of rotatable bonds is 6. The Bertz CT molecular complexity index is 452. The van der Waals surface area contributed by atoms with Crippen LogP contribution in [0.3, 0.4) is 0 Å². The highest BCUT2D eigenvalue weighted by atomic mass is 127. The molecule has 8 heteroatoms. The van der Waals surface area contributed by atoms with Gasteiger partial charge < -0.3 is 15.0 Å². The molecule has 132 valence electrons. The summed E-state index contributed by atoms with van der Waals surface area (Å²) in [5.74, 6) is 0.987. The lowest BCUT2D eigenvalue weighted by Crippen LogP contribution is -2.57. The molecular weight excluding hydrogens is 417 g/mol. The lowest BCUT2D eigenvalue weighted by molar-refractivity contribution is 0.146. The summed E-state index contributed by atoms with van der Waals surface area (Å²) in [6.07, 6.45) is 0.873. The van der Waals surface area contributed by atoms with E-state index in [2.05, 4.69) is 10.3 Å². The molecular formula is C14H30IN3O3S. The summed E-state index contributed by atoms with van der Waals surface area (Å²) in [5, 5.41) is 3.25. The van der Waals surface area contributed by atoms with Gasteiger partial charge in [0.2, 0.25) is 0 Å². The number of ether oxygens (including phenoxy) is 1. The molecule has 0 aromatic rings. The summed E-state index contributed by atoms with van der Waals surface area (Å²) in [5.41, 5.74) is 0. The molecule has 0 bridgehead atoms. The Hall–Kier alpha value is -0.0900. The molecule has 0 amide bonds. The number of hydrogen-bond donors (Lipinski definition) is 1. The van der Waals surface area contributed by atoms with E-state index in [4.69, 9.17) is 4.74 Å². The second kappa shape index (κ2) is 9.92. The molecule has 0 atom stereocenters. The lowest BCUT2D eigenvalue weighted by Gasteiger charge is -2.39. The number of halogens is 1. The topological polar surface area (TPSA) is 71.0 Å². The van der Waals surface area contributed by atoms with E-state index >= 15 is 0 Å². The van der Waals surface area contributed by atoms with Crippen LogP contribution in [0, 0.1) is 0 Å². The van der Waals surface area contributed by atoms with Crippen LogP contribution >= 0.6 is 24.0 Å². The van der Waals surface area contributed by atoms with Crippen LogP contribution in [-0.4, -0.2) is 69.2 Å². The first-order valence-corrected chi connectivity index (χ1v) is 9.32. The van der Waals surface area contributed by atoms with Gasteiger partial charge in [-0.15, -0.1) is 24.0 Å². The Morgan fingerprint density at radius 3 is 2.59 bits per heavy atom. The molecule has 1 rings (SSSR count). The average molecular weight is 447 g/mol. The second-order valence-corrected chi connectivity index (χ2v) is 8.53. The minimum absolute atomic E-state index is 0. The fourth-order valence-electron chi connectivity index (χ4n) is 2.25. The monoisotopic (exact) mass is 447 g/mol. The van der Waals surface area contributed by atoms with Crippen LogP contribution in [0.2, 0.25) is 0 Å². The number of guanidine groups is 1. The Balaban J connectivity index is 0.00000441. The first kappa shape index (κ1) is 21.9. The van der Waals surface area contributed by atoms with Crippen molar-refractivity contribution in [2.75, 3.05) is 45.1 Å². The molecule has 1 aliphatic rings. The Morgan fingerprint density at radius 2 is 2.05 bits per heavy atom. The number of hydrogen-bond acceptors (Lipinski definition) is 4. The van der Waals surface area contributed by atoms with Gasteiger partial charge >= 0.3 is 0 Å². The highest BCUT2D eigenvalue weighted by Gasteiger charge is 2.40. The molecule has 1 saturated heterocycles. The molecule has 6 nitrogen and oxygen atoms in total. The van der Waals surface area contributed by atoms with E-state index in [1.54, 1.807) is 13.8 Å². The molecule has 0 unspecified atom stereocenters. The van der Waals surface area contributed by atoms with Gasteiger partial charge in [-0.05, 0) is 34.1 Å². The Kier molecular flexibility index (Phi) is 9.88. The maximum atomic E-state index is 12.1. The van der Waals surface area contributed by atoms with Crippen molar-refractivity contribution in [1.82, 2.24) is 10.2 Å². The van der Waals surface area contributed by atoms with Gasteiger partial charge in [-0.2, -0.15) is 0 Å². The summed E-state index contributed by atoms with van der Waals surface area (Å²) < 4.78 is 28.7. The predicted molar refractivity (Wildman–Crippen MR) is 102 cm³/mol. The van der Waals surface area contributed by atoms with Crippen LogP contribution in [0.25, 0.3) is 0 Å². The van der Waals surface area contributed by atoms with Crippen LogP contribution in [0.15, 0.2) is 4.99 Å². The molecule has 0 saturated carbocycles. The van der Waals surface area contributed by atoms with Crippen molar-refractivity contribution in [2.24, 2.45) is 4.99 Å². The summed E-state index contributed by atoms with van der Waals surface area (Å²) in [6.45, 7) is 11.4. The Morgan fingerprint density at radius 1 is 1.36 bits per heavy atom. The molecule has 0 aromatic carbocycles. The molecule has 1 heterocycles. The van der Waals surface area contributed by atoms with Crippen LogP contribution in [0.4, 0.5) is 0 Å². The molecule has 1 N–H and O–H groups in total. The zero-order valence-electron chi connectivity index (χ0n) is 14.1. The van der Waals surface area contributed by atoms with E-state index in [1.807, 2.05) is 18.7 Å². The van der Waals surface area contributed by atoms with E-state index in [0.29, 0.717) is 26.2 Å². The number of sulfone groups is 1. The fourth-order valence-corrected chi connectivity index (χ4v) is 3.61. The Labute approximate surface area is 152 Å². The second-order valence-electron chi connectivity index (χ2n) is 5.79. The van der Waals surface area contributed by atoms with Gasteiger partial charge in [0.25, 0.3) is 0 Å². The van der Waals surface area contributed by atoms with Crippen molar-refractivity contribution >= 4 is 39.8 Å². The number of nitrogens with one attached hydrogen (secondary N) is 1. The standard InChI is InChI=1S/C14H29N3O3S.HI/c1-5-15-13(16-8-7-10-20-6-2)17-9-11-21(18,19)14(3,4)12-17;/h5-12H2,1-4H3,(H,15,16);1H. The zero-order chi connectivity index (χ0) is 15.9. The minimum Gasteiger partial charge on any atom is -0.382 e. The summed E-state index contributed by atoms with van der Waals surface area (Å²) >= 11 is 0. The molecule has 0 aliphatic carbocycles. The number of nitrogens with zero attached hydrogens (tertiary/aromatic N) is 2. The van der Waals surface area contributed by atoms with Crippen LogP contribution in [0.1, 0.15) is 34.1 Å². The average Bonchev–Trinajstić information content (AvgIpc) is 2.40. The maximum Gasteiger partial charge on any atom is 0.193 e. The largest absolute Gasteiger partial charge is 0.382 e.